The molecule has 0 heterocycles. The van der Waals surface area contributed by atoms with E-state index in [0.29, 0.717) is 5.56 Å². The molecule has 1 amide bonds. The van der Waals surface area contributed by atoms with Gasteiger partial charge in [-0.3, -0.25) is 15.6 Å². The first-order valence-electron chi connectivity index (χ1n) is 5.55. The van der Waals surface area contributed by atoms with E-state index in [1.807, 2.05) is 60.9 Å². The van der Waals surface area contributed by atoms with Crippen molar-refractivity contribution in [3.63, 3.8) is 0 Å². The zero-order chi connectivity index (χ0) is 12.8. The van der Waals surface area contributed by atoms with Gasteiger partial charge in [-0.1, -0.05) is 18.2 Å². The number of hydrogen-bond donors (Lipinski definition) is 2. The van der Waals surface area contributed by atoms with Crippen molar-refractivity contribution in [2.24, 2.45) is 0 Å². The maximum Gasteiger partial charge on any atom is 0.269 e. The molecule has 0 aliphatic heterocycles. The lowest BCUT2D eigenvalue weighted by Crippen LogP contribution is -2.29. The van der Waals surface area contributed by atoms with Gasteiger partial charge in [0, 0.05) is 10.5 Å². The summed E-state index contributed by atoms with van der Waals surface area (Å²) in [6.45, 7) is 0. The smallest absolute Gasteiger partial charge is 0.269 e. The Hall–Kier alpha value is -1.94. The first-order valence-corrected chi connectivity index (χ1v) is 6.77. The van der Waals surface area contributed by atoms with Crippen LogP contribution in [0, 0.1) is 0 Å². The van der Waals surface area contributed by atoms with Gasteiger partial charge in [-0.15, -0.1) is 11.8 Å². The first kappa shape index (κ1) is 12.5. The van der Waals surface area contributed by atoms with E-state index < -0.39 is 0 Å². The van der Waals surface area contributed by atoms with Crippen LogP contribution in [-0.4, -0.2) is 12.2 Å². The largest absolute Gasteiger partial charge is 0.298 e. The van der Waals surface area contributed by atoms with Crippen LogP contribution in [0.2, 0.25) is 0 Å². The van der Waals surface area contributed by atoms with Crippen molar-refractivity contribution in [1.29, 1.82) is 0 Å². The van der Waals surface area contributed by atoms with Gasteiger partial charge in [-0.2, -0.15) is 0 Å². The molecule has 0 fully saturated rings. The van der Waals surface area contributed by atoms with Gasteiger partial charge in [0.25, 0.3) is 5.91 Å². The number of benzene rings is 2. The third kappa shape index (κ3) is 3.28. The van der Waals surface area contributed by atoms with Crippen molar-refractivity contribution in [3.05, 3.63) is 60.2 Å². The number of thioether (sulfide) groups is 1. The predicted molar refractivity (Wildman–Crippen MR) is 75.8 cm³/mol. The summed E-state index contributed by atoms with van der Waals surface area (Å²) in [6.07, 6.45) is 2.01. The lowest BCUT2D eigenvalue weighted by molar-refractivity contribution is 0.0962. The molecule has 92 valence electrons. The summed E-state index contributed by atoms with van der Waals surface area (Å²) in [5.41, 5.74) is 7.01. The summed E-state index contributed by atoms with van der Waals surface area (Å²) in [5.74, 6) is -0.147. The Kier molecular flexibility index (Phi) is 4.25. The van der Waals surface area contributed by atoms with Gasteiger partial charge < -0.3 is 0 Å². The number of carbonyl (C=O) groups excluding carboxylic acids is 1. The van der Waals surface area contributed by atoms with Gasteiger partial charge in [-0.25, -0.2) is 0 Å². The third-order valence-corrected chi connectivity index (χ3v) is 3.19. The van der Waals surface area contributed by atoms with Crippen LogP contribution in [0.5, 0.6) is 0 Å². The quantitative estimate of drug-likeness (QED) is 0.654. The molecule has 0 aromatic heterocycles. The Morgan fingerprint density at radius 1 is 1.00 bits per heavy atom. The molecule has 0 aliphatic carbocycles. The van der Waals surface area contributed by atoms with E-state index >= 15 is 0 Å². The van der Waals surface area contributed by atoms with Crippen LogP contribution >= 0.6 is 11.8 Å². The minimum absolute atomic E-state index is 0.147. The average molecular weight is 258 g/mol. The number of nitrogens with one attached hydrogen (secondary N) is 2. The van der Waals surface area contributed by atoms with Crippen molar-refractivity contribution in [2.75, 3.05) is 11.7 Å². The number of rotatable bonds is 4. The van der Waals surface area contributed by atoms with E-state index in [0.717, 1.165) is 10.6 Å². The molecule has 0 radical (unpaired) electrons. The van der Waals surface area contributed by atoms with Crippen LogP contribution < -0.4 is 10.9 Å². The van der Waals surface area contributed by atoms with Crippen molar-refractivity contribution >= 4 is 23.4 Å². The fraction of sp³-hybridized carbons (Fsp3) is 0.0714. The van der Waals surface area contributed by atoms with E-state index in [9.17, 15) is 4.79 Å². The number of amides is 1. The Morgan fingerprint density at radius 3 is 2.28 bits per heavy atom. The molecular formula is C14H14N2OS. The van der Waals surface area contributed by atoms with Gasteiger partial charge in [0.15, 0.2) is 0 Å². The number of para-hydroxylation sites is 1. The van der Waals surface area contributed by atoms with E-state index in [4.69, 9.17) is 0 Å². The zero-order valence-corrected chi connectivity index (χ0v) is 10.8. The second-order valence-corrected chi connectivity index (χ2v) is 4.55. The van der Waals surface area contributed by atoms with Crippen LogP contribution in [-0.2, 0) is 0 Å². The molecule has 0 aliphatic rings. The van der Waals surface area contributed by atoms with E-state index in [1.54, 1.807) is 11.8 Å². The Morgan fingerprint density at radius 2 is 1.67 bits per heavy atom. The first-order chi connectivity index (χ1) is 8.79. The van der Waals surface area contributed by atoms with Crippen LogP contribution in [0.3, 0.4) is 0 Å². The molecular weight excluding hydrogens is 244 g/mol. The number of carbonyl (C=O) groups is 1. The highest BCUT2D eigenvalue weighted by Crippen LogP contribution is 2.14. The highest BCUT2D eigenvalue weighted by molar-refractivity contribution is 7.98. The van der Waals surface area contributed by atoms with Gasteiger partial charge in [0.2, 0.25) is 0 Å². The summed E-state index contributed by atoms with van der Waals surface area (Å²) in [6, 6.07) is 17.0. The Labute approximate surface area is 111 Å². The molecule has 2 rings (SSSR count). The van der Waals surface area contributed by atoms with Gasteiger partial charge >= 0.3 is 0 Å². The van der Waals surface area contributed by atoms with Crippen LogP contribution in [0.15, 0.2) is 59.5 Å². The highest BCUT2D eigenvalue weighted by Gasteiger charge is 2.04. The summed E-state index contributed by atoms with van der Waals surface area (Å²) >= 11 is 1.65. The fourth-order valence-corrected chi connectivity index (χ4v) is 1.87. The van der Waals surface area contributed by atoms with E-state index in [1.165, 1.54) is 0 Å². The minimum atomic E-state index is -0.147. The van der Waals surface area contributed by atoms with Crippen molar-refractivity contribution in [1.82, 2.24) is 5.43 Å². The van der Waals surface area contributed by atoms with Crippen LogP contribution in [0.25, 0.3) is 0 Å². The summed E-state index contributed by atoms with van der Waals surface area (Å²) in [5, 5.41) is 0. The summed E-state index contributed by atoms with van der Waals surface area (Å²) in [4.78, 5) is 13.0. The molecule has 0 atom stereocenters. The molecule has 0 saturated heterocycles. The predicted octanol–water partition coefficient (Wildman–Crippen LogP) is 3.17. The Bertz CT molecular complexity index is 511. The standard InChI is InChI=1S/C14H14N2OS/c1-18-13-9-7-11(8-10-13)14(17)16-15-12-5-3-2-4-6-12/h2-10,15H,1H3,(H,16,17). The SMILES string of the molecule is CSc1ccc(C(=O)NNc2ccccc2)cc1. The number of hydrazine groups is 1. The average Bonchev–Trinajstić information content (AvgIpc) is 2.46. The molecule has 0 spiro atoms. The van der Waals surface area contributed by atoms with Crippen LogP contribution in [0.1, 0.15) is 10.4 Å². The van der Waals surface area contributed by atoms with Crippen molar-refractivity contribution in [2.45, 2.75) is 4.90 Å². The summed E-state index contributed by atoms with van der Waals surface area (Å²) < 4.78 is 0. The molecule has 2 aromatic rings. The molecule has 0 unspecified atom stereocenters. The van der Waals surface area contributed by atoms with Gasteiger partial charge in [0.05, 0.1) is 5.69 Å². The van der Waals surface area contributed by atoms with E-state index in [2.05, 4.69) is 10.9 Å². The van der Waals surface area contributed by atoms with Gasteiger partial charge in [0.1, 0.15) is 0 Å². The van der Waals surface area contributed by atoms with E-state index in [-0.39, 0.29) is 5.91 Å². The highest BCUT2D eigenvalue weighted by atomic mass is 32.2. The fourth-order valence-electron chi connectivity index (χ4n) is 1.46. The molecule has 3 nitrogen and oxygen atoms in total. The molecule has 2 N–H and O–H groups in total. The normalized spacial score (nSPS) is 9.83. The number of anilines is 1. The molecule has 0 bridgehead atoms. The maximum atomic E-state index is 11.8. The lowest BCUT2D eigenvalue weighted by atomic mass is 10.2. The third-order valence-electron chi connectivity index (χ3n) is 2.45. The molecule has 18 heavy (non-hydrogen) atoms. The summed E-state index contributed by atoms with van der Waals surface area (Å²) in [7, 11) is 0. The molecule has 2 aromatic carbocycles. The zero-order valence-electron chi connectivity index (χ0n) is 10.0. The molecule has 0 saturated carbocycles. The lowest BCUT2D eigenvalue weighted by Gasteiger charge is -2.08. The maximum absolute atomic E-state index is 11.8. The monoisotopic (exact) mass is 258 g/mol. The topological polar surface area (TPSA) is 41.1 Å². The molecule has 4 heteroatoms. The van der Waals surface area contributed by atoms with Crippen molar-refractivity contribution in [3.8, 4) is 0 Å². The second kappa shape index (κ2) is 6.12. The van der Waals surface area contributed by atoms with Crippen LogP contribution in [0.4, 0.5) is 5.69 Å². The second-order valence-electron chi connectivity index (χ2n) is 3.67. The number of hydrogen-bond acceptors (Lipinski definition) is 3. The van der Waals surface area contributed by atoms with Crippen molar-refractivity contribution < 1.29 is 4.79 Å². The minimum Gasteiger partial charge on any atom is -0.298 e. The Balaban J connectivity index is 1.95. The van der Waals surface area contributed by atoms with Gasteiger partial charge in [-0.05, 0) is 42.7 Å².